The Balaban J connectivity index is 2.96. The van der Waals surface area contributed by atoms with E-state index in [-0.39, 0.29) is 12.2 Å². The molecule has 5 heteroatoms. The maximum Gasteiger partial charge on any atom is 0.530 e. The summed E-state index contributed by atoms with van der Waals surface area (Å²) >= 11 is 0. The first-order valence-corrected chi connectivity index (χ1v) is 12.2. The van der Waals surface area contributed by atoms with Crippen LogP contribution in [0.25, 0.3) is 0 Å². The van der Waals surface area contributed by atoms with Gasteiger partial charge in [-0.2, -0.15) is 0 Å². The van der Waals surface area contributed by atoms with Crippen molar-refractivity contribution < 1.29 is 18.1 Å². The van der Waals surface area contributed by atoms with Crippen molar-refractivity contribution in [1.29, 1.82) is 0 Å². The molecule has 0 saturated carbocycles. The third kappa shape index (κ3) is 10.3. The van der Waals surface area contributed by atoms with Gasteiger partial charge in [-0.05, 0) is 37.8 Å². The molecule has 0 radical (unpaired) electrons. The van der Waals surface area contributed by atoms with Crippen molar-refractivity contribution >= 4 is 7.82 Å². The van der Waals surface area contributed by atoms with Gasteiger partial charge in [-0.15, -0.1) is 0 Å². The van der Waals surface area contributed by atoms with Crippen LogP contribution in [-0.2, 0) is 13.6 Å². The fourth-order valence-electron chi connectivity index (χ4n) is 3.05. The van der Waals surface area contributed by atoms with Crippen LogP contribution in [0.15, 0.2) is 30.3 Å². The van der Waals surface area contributed by atoms with Crippen molar-refractivity contribution in [2.75, 3.05) is 0 Å². The fraction of sp³-hybridized carbons (Fsp3) is 0.727. The van der Waals surface area contributed by atoms with Crippen LogP contribution in [0, 0.1) is 0 Å². The molecule has 2 atom stereocenters. The van der Waals surface area contributed by atoms with Crippen molar-refractivity contribution in [1.82, 2.24) is 0 Å². The molecule has 1 aromatic carbocycles. The van der Waals surface area contributed by atoms with Crippen LogP contribution in [0.4, 0.5) is 0 Å². The lowest BCUT2D eigenvalue weighted by Crippen LogP contribution is -2.19. The number of benzene rings is 1. The smallest absolute Gasteiger partial charge is 0.404 e. The van der Waals surface area contributed by atoms with E-state index in [1.807, 2.05) is 18.2 Å². The van der Waals surface area contributed by atoms with Crippen LogP contribution in [0.3, 0.4) is 0 Å². The lowest BCUT2D eigenvalue weighted by atomic mass is 10.1. The zero-order valence-electron chi connectivity index (χ0n) is 17.7. The molecule has 0 heterocycles. The minimum absolute atomic E-state index is 0.0991. The first-order valence-electron chi connectivity index (χ1n) is 10.8. The van der Waals surface area contributed by atoms with Gasteiger partial charge in [0.05, 0.1) is 12.2 Å². The van der Waals surface area contributed by atoms with Gasteiger partial charge in [0, 0.05) is 0 Å². The third-order valence-electron chi connectivity index (χ3n) is 4.50. The van der Waals surface area contributed by atoms with Crippen molar-refractivity contribution in [3.8, 4) is 5.75 Å². The quantitative estimate of drug-likeness (QED) is 0.265. The van der Waals surface area contributed by atoms with Gasteiger partial charge in [-0.3, -0.25) is 9.05 Å². The molecule has 156 valence electrons. The second-order valence-electron chi connectivity index (χ2n) is 7.17. The molecule has 2 unspecified atom stereocenters. The second kappa shape index (κ2) is 14.2. The maximum absolute atomic E-state index is 13.6. The molecule has 0 spiro atoms. The highest BCUT2D eigenvalue weighted by Crippen LogP contribution is 2.53. The molecule has 0 fully saturated rings. The number of hydrogen-bond donors (Lipinski definition) is 0. The Hall–Kier alpha value is -0.830. The summed E-state index contributed by atoms with van der Waals surface area (Å²) in [6, 6.07) is 9.21. The summed E-state index contributed by atoms with van der Waals surface area (Å²) in [6.45, 7) is 8.55. The molecule has 0 bridgehead atoms. The summed E-state index contributed by atoms with van der Waals surface area (Å²) in [6.07, 6.45) is 9.50. The molecular weight excluding hydrogens is 359 g/mol. The normalized spacial score (nSPS) is 15.9. The van der Waals surface area contributed by atoms with Gasteiger partial charge in [0.15, 0.2) is 0 Å². The zero-order chi connectivity index (χ0) is 20.0. The predicted molar refractivity (Wildman–Crippen MR) is 113 cm³/mol. The third-order valence-corrected chi connectivity index (χ3v) is 6.04. The standard InChI is InChI=1S/C22H39O4P/c1-5-9-16-20(14-7-3)24-27(23,26-22-18-12-11-13-19-22)25-21(15-8-4)17-10-6-2/h11-13,18-21H,5-10,14-17H2,1-4H3. The number of rotatable bonds is 16. The Kier molecular flexibility index (Phi) is 12.7. The zero-order valence-corrected chi connectivity index (χ0v) is 18.6. The largest absolute Gasteiger partial charge is 0.530 e. The SMILES string of the molecule is CCCCC(CCC)OP(=O)(Oc1ccccc1)OC(CCC)CCCC. The predicted octanol–water partition coefficient (Wildman–Crippen LogP) is 7.92. The topological polar surface area (TPSA) is 44.8 Å². The first kappa shape index (κ1) is 24.2. The maximum atomic E-state index is 13.6. The number of phosphoric acid groups is 1. The van der Waals surface area contributed by atoms with Gasteiger partial charge in [-0.25, -0.2) is 4.57 Å². The molecule has 4 nitrogen and oxygen atoms in total. The van der Waals surface area contributed by atoms with Gasteiger partial charge >= 0.3 is 7.82 Å². The summed E-state index contributed by atoms with van der Waals surface area (Å²) in [7, 11) is -3.69. The minimum atomic E-state index is -3.69. The highest BCUT2D eigenvalue weighted by atomic mass is 31.2. The van der Waals surface area contributed by atoms with E-state index in [1.165, 1.54) is 0 Å². The number of hydrogen-bond acceptors (Lipinski definition) is 4. The Bertz CT molecular complexity index is 496. The van der Waals surface area contributed by atoms with E-state index >= 15 is 0 Å². The van der Waals surface area contributed by atoms with Crippen molar-refractivity contribution in [2.24, 2.45) is 0 Å². The molecule has 0 amide bonds. The van der Waals surface area contributed by atoms with E-state index in [1.54, 1.807) is 12.1 Å². The van der Waals surface area contributed by atoms with Gasteiger partial charge in [0.25, 0.3) is 0 Å². The van der Waals surface area contributed by atoms with E-state index in [2.05, 4.69) is 27.7 Å². The molecule has 0 saturated heterocycles. The molecule has 0 aliphatic heterocycles. The highest BCUT2D eigenvalue weighted by Gasteiger charge is 2.35. The van der Waals surface area contributed by atoms with Crippen LogP contribution in [0.2, 0.25) is 0 Å². The Morgan fingerprint density at radius 1 is 0.741 bits per heavy atom. The average molecular weight is 399 g/mol. The Morgan fingerprint density at radius 2 is 1.22 bits per heavy atom. The Labute approximate surface area is 166 Å². The lowest BCUT2D eigenvalue weighted by Gasteiger charge is -2.27. The molecule has 0 aliphatic rings. The van der Waals surface area contributed by atoms with E-state index < -0.39 is 7.82 Å². The summed E-state index contributed by atoms with van der Waals surface area (Å²) in [5.41, 5.74) is 0. The van der Waals surface area contributed by atoms with Gasteiger partial charge in [-0.1, -0.05) is 84.4 Å². The molecule has 1 rings (SSSR count). The Morgan fingerprint density at radius 3 is 1.63 bits per heavy atom. The number of phosphoric ester groups is 1. The number of unbranched alkanes of at least 4 members (excludes halogenated alkanes) is 2. The van der Waals surface area contributed by atoms with Gasteiger partial charge in [0.2, 0.25) is 0 Å². The monoisotopic (exact) mass is 398 g/mol. The molecule has 0 aromatic heterocycles. The van der Waals surface area contributed by atoms with E-state index in [0.29, 0.717) is 5.75 Å². The van der Waals surface area contributed by atoms with Gasteiger partial charge in [0.1, 0.15) is 5.75 Å². The summed E-state index contributed by atoms with van der Waals surface area (Å²) < 4.78 is 31.5. The van der Waals surface area contributed by atoms with Crippen LogP contribution < -0.4 is 4.52 Å². The lowest BCUT2D eigenvalue weighted by molar-refractivity contribution is 0.0634. The van der Waals surface area contributed by atoms with Crippen molar-refractivity contribution in [3.05, 3.63) is 30.3 Å². The molecular formula is C22H39O4P. The first-order chi connectivity index (χ1) is 13.1. The summed E-state index contributed by atoms with van der Waals surface area (Å²) in [4.78, 5) is 0. The van der Waals surface area contributed by atoms with Crippen molar-refractivity contribution in [2.45, 2.75) is 104 Å². The minimum Gasteiger partial charge on any atom is -0.404 e. The fourth-order valence-corrected chi connectivity index (χ4v) is 4.72. The van der Waals surface area contributed by atoms with Crippen LogP contribution >= 0.6 is 7.82 Å². The van der Waals surface area contributed by atoms with Crippen LogP contribution in [0.1, 0.15) is 91.9 Å². The second-order valence-corrected chi connectivity index (χ2v) is 8.67. The van der Waals surface area contributed by atoms with Crippen molar-refractivity contribution in [3.63, 3.8) is 0 Å². The van der Waals surface area contributed by atoms with Crippen LogP contribution in [0.5, 0.6) is 5.75 Å². The average Bonchev–Trinajstić information content (AvgIpc) is 2.65. The number of para-hydroxylation sites is 1. The highest BCUT2D eigenvalue weighted by molar-refractivity contribution is 7.49. The van der Waals surface area contributed by atoms with Crippen LogP contribution in [-0.4, -0.2) is 12.2 Å². The van der Waals surface area contributed by atoms with E-state index in [4.69, 9.17) is 13.6 Å². The summed E-state index contributed by atoms with van der Waals surface area (Å²) in [5.74, 6) is 0.525. The van der Waals surface area contributed by atoms with E-state index in [9.17, 15) is 4.57 Å². The molecule has 0 aliphatic carbocycles. The molecule has 27 heavy (non-hydrogen) atoms. The summed E-state index contributed by atoms with van der Waals surface area (Å²) in [5, 5.41) is 0. The molecule has 0 N–H and O–H groups in total. The van der Waals surface area contributed by atoms with E-state index in [0.717, 1.165) is 64.2 Å². The van der Waals surface area contributed by atoms with Gasteiger partial charge < -0.3 is 4.52 Å². The molecule has 1 aromatic rings.